The largest absolute Gasteiger partial charge is 0.473 e. The Bertz CT molecular complexity index is 1810. The number of hydrogen-bond acceptors (Lipinski definition) is 8. The highest BCUT2D eigenvalue weighted by atomic mass is 19.1. The van der Waals surface area contributed by atoms with Crippen molar-refractivity contribution in [3.63, 3.8) is 0 Å². The lowest BCUT2D eigenvalue weighted by molar-refractivity contribution is -0.115. The Balaban J connectivity index is 1.27. The topological polar surface area (TPSA) is 123 Å². The summed E-state index contributed by atoms with van der Waals surface area (Å²) in [5, 5.41) is 14.4. The number of nitriles is 1. The Morgan fingerprint density at radius 2 is 1.80 bits per heavy atom. The first-order valence-corrected chi connectivity index (χ1v) is 14.5. The number of ether oxygens (including phenoxy) is 3. The highest BCUT2D eigenvalue weighted by molar-refractivity contribution is 5.98. The first kappa shape index (κ1) is 32.0. The van der Waals surface area contributed by atoms with Crippen LogP contribution in [0.2, 0.25) is 0 Å². The van der Waals surface area contributed by atoms with Gasteiger partial charge in [-0.15, -0.1) is 0 Å². The number of rotatable bonds is 12. The molecular formula is C34H29F3N4O5. The van der Waals surface area contributed by atoms with E-state index in [4.69, 9.17) is 19.5 Å². The molecule has 0 bridgehead atoms. The molecule has 4 aromatic rings. The average Bonchev–Trinajstić information content (AvgIpc) is 3.02. The SMILES string of the molecule is CCOC(=O)c1cc(F)c(NC(=O)Cc2ccc(-c3cccc(OCc4ccc(C#N)cc4F)n3)cc2F)c(NCC2CCO2)c1. The summed E-state index contributed by atoms with van der Waals surface area (Å²) < 4.78 is 60.5. The molecule has 0 aliphatic carbocycles. The number of anilines is 2. The second-order valence-corrected chi connectivity index (χ2v) is 10.4. The third-order valence-electron chi connectivity index (χ3n) is 7.16. The highest BCUT2D eigenvalue weighted by Crippen LogP contribution is 2.29. The Labute approximate surface area is 262 Å². The van der Waals surface area contributed by atoms with Crippen molar-refractivity contribution in [2.45, 2.75) is 32.5 Å². The normalized spacial score (nSPS) is 13.7. The van der Waals surface area contributed by atoms with Crippen LogP contribution in [0.5, 0.6) is 5.88 Å². The first-order valence-electron chi connectivity index (χ1n) is 14.5. The van der Waals surface area contributed by atoms with Crippen LogP contribution in [-0.2, 0) is 27.3 Å². The zero-order valence-electron chi connectivity index (χ0n) is 24.7. The van der Waals surface area contributed by atoms with Gasteiger partial charge in [-0.25, -0.2) is 22.9 Å². The van der Waals surface area contributed by atoms with Crippen LogP contribution in [0.1, 0.15) is 40.4 Å². The Kier molecular flexibility index (Phi) is 10.1. The minimum absolute atomic E-state index is 0.0273. The molecular weight excluding hydrogens is 601 g/mol. The molecule has 2 heterocycles. The van der Waals surface area contributed by atoms with Gasteiger partial charge < -0.3 is 24.8 Å². The number of pyridine rings is 1. The van der Waals surface area contributed by atoms with Gasteiger partial charge in [0.1, 0.15) is 29.7 Å². The number of nitrogens with one attached hydrogen (secondary N) is 2. The second-order valence-electron chi connectivity index (χ2n) is 10.4. The monoisotopic (exact) mass is 630 g/mol. The standard InChI is InChI=1S/C34H29F3N4O5/c1-2-44-34(43)24-14-28(37)33(30(15-24)39-18-25-10-11-45-25)41-31(42)16-21-8-9-22(13-27(21)36)29-4-3-5-32(40-29)46-19-23-7-6-20(17-38)12-26(23)35/h3-9,12-15,25,39H,2,10-11,16,18-19H2,1H3,(H,41,42). The summed E-state index contributed by atoms with van der Waals surface area (Å²) in [6.07, 6.45) is 0.330. The van der Waals surface area contributed by atoms with E-state index >= 15 is 8.78 Å². The number of halogens is 3. The third kappa shape index (κ3) is 7.80. The Morgan fingerprint density at radius 1 is 1.02 bits per heavy atom. The molecule has 5 rings (SSSR count). The number of hydrogen-bond donors (Lipinski definition) is 2. The van der Waals surface area contributed by atoms with Gasteiger partial charge in [-0.05, 0) is 55.3 Å². The van der Waals surface area contributed by atoms with Crippen LogP contribution in [-0.4, -0.2) is 42.7 Å². The molecule has 1 unspecified atom stereocenters. The number of nitrogens with zero attached hydrogens (tertiary/aromatic N) is 2. The van der Waals surface area contributed by atoms with E-state index in [0.29, 0.717) is 24.4 Å². The summed E-state index contributed by atoms with van der Waals surface area (Å²) in [5.74, 6) is -3.34. The fourth-order valence-corrected chi connectivity index (χ4v) is 4.62. The van der Waals surface area contributed by atoms with Crippen molar-refractivity contribution in [2.75, 3.05) is 30.4 Å². The Hall–Kier alpha value is -5.41. The quantitative estimate of drug-likeness (QED) is 0.178. The molecule has 1 aliphatic rings. The van der Waals surface area contributed by atoms with Crippen molar-refractivity contribution in [1.82, 2.24) is 4.98 Å². The molecule has 1 amide bonds. The second kappa shape index (κ2) is 14.6. The highest BCUT2D eigenvalue weighted by Gasteiger charge is 2.22. The minimum Gasteiger partial charge on any atom is -0.473 e. The van der Waals surface area contributed by atoms with Crippen LogP contribution in [0, 0.1) is 28.8 Å². The fraction of sp³-hybridized carbons (Fsp3) is 0.235. The van der Waals surface area contributed by atoms with Crippen molar-refractivity contribution in [3.05, 3.63) is 106 Å². The van der Waals surface area contributed by atoms with Crippen LogP contribution < -0.4 is 15.4 Å². The van der Waals surface area contributed by atoms with Gasteiger partial charge in [0.15, 0.2) is 0 Å². The van der Waals surface area contributed by atoms with E-state index in [2.05, 4.69) is 15.6 Å². The maximum Gasteiger partial charge on any atom is 0.338 e. The van der Waals surface area contributed by atoms with Gasteiger partial charge in [-0.3, -0.25) is 4.79 Å². The number of esters is 1. The van der Waals surface area contributed by atoms with E-state index in [9.17, 15) is 14.0 Å². The van der Waals surface area contributed by atoms with Gasteiger partial charge in [0.2, 0.25) is 11.8 Å². The predicted octanol–water partition coefficient (Wildman–Crippen LogP) is 6.18. The van der Waals surface area contributed by atoms with Gasteiger partial charge in [0, 0.05) is 30.3 Å². The van der Waals surface area contributed by atoms with Gasteiger partial charge in [-0.2, -0.15) is 5.26 Å². The number of carbonyl (C=O) groups excluding carboxylic acids is 2. The molecule has 1 aliphatic heterocycles. The van der Waals surface area contributed by atoms with E-state index in [1.165, 1.54) is 30.3 Å². The molecule has 0 spiro atoms. The summed E-state index contributed by atoms with van der Waals surface area (Å²) in [5.41, 5.74) is 1.23. The van der Waals surface area contributed by atoms with Crippen LogP contribution >= 0.6 is 0 Å². The molecule has 3 aromatic carbocycles. The molecule has 12 heteroatoms. The predicted molar refractivity (Wildman–Crippen MR) is 163 cm³/mol. The number of carbonyl (C=O) groups is 2. The van der Waals surface area contributed by atoms with Gasteiger partial charge in [0.25, 0.3) is 0 Å². The van der Waals surface area contributed by atoms with E-state index in [-0.39, 0.29) is 58.8 Å². The third-order valence-corrected chi connectivity index (χ3v) is 7.16. The van der Waals surface area contributed by atoms with Gasteiger partial charge in [0.05, 0.1) is 47.7 Å². The maximum atomic E-state index is 15.2. The molecule has 0 saturated carbocycles. The number of aromatic nitrogens is 1. The van der Waals surface area contributed by atoms with Crippen molar-refractivity contribution in [1.29, 1.82) is 5.26 Å². The van der Waals surface area contributed by atoms with Crippen LogP contribution in [0.15, 0.2) is 66.7 Å². The molecule has 0 radical (unpaired) electrons. The Morgan fingerprint density at radius 3 is 2.50 bits per heavy atom. The molecule has 1 aromatic heterocycles. The van der Waals surface area contributed by atoms with E-state index in [1.54, 1.807) is 31.2 Å². The fourth-order valence-electron chi connectivity index (χ4n) is 4.62. The van der Waals surface area contributed by atoms with Crippen LogP contribution in [0.3, 0.4) is 0 Å². The van der Waals surface area contributed by atoms with E-state index < -0.39 is 35.7 Å². The van der Waals surface area contributed by atoms with Gasteiger partial charge >= 0.3 is 5.97 Å². The summed E-state index contributed by atoms with van der Waals surface area (Å²) in [7, 11) is 0. The average molecular weight is 631 g/mol. The lowest BCUT2D eigenvalue weighted by atomic mass is 10.0. The lowest BCUT2D eigenvalue weighted by Crippen LogP contribution is -2.33. The molecule has 1 atom stereocenters. The van der Waals surface area contributed by atoms with E-state index in [0.717, 1.165) is 18.6 Å². The maximum absolute atomic E-state index is 15.2. The summed E-state index contributed by atoms with van der Waals surface area (Å²) in [4.78, 5) is 29.6. The molecule has 1 saturated heterocycles. The van der Waals surface area contributed by atoms with Crippen molar-refractivity contribution in [3.8, 4) is 23.2 Å². The van der Waals surface area contributed by atoms with Gasteiger partial charge in [-0.1, -0.05) is 24.3 Å². The van der Waals surface area contributed by atoms with Crippen molar-refractivity contribution >= 4 is 23.3 Å². The summed E-state index contributed by atoms with van der Waals surface area (Å²) in [6, 6.07) is 17.4. The summed E-state index contributed by atoms with van der Waals surface area (Å²) in [6.45, 7) is 2.56. The number of benzene rings is 3. The lowest BCUT2D eigenvalue weighted by Gasteiger charge is -2.27. The molecule has 1 fully saturated rings. The molecule has 9 nitrogen and oxygen atoms in total. The number of amides is 1. The van der Waals surface area contributed by atoms with Crippen LogP contribution in [0.4, 0.5) is 24.5 Å². The van der Waals surface area contributed by atoms with Crippen molar-refractivity contribution in [2.24, 2.45) is 0 Å². The summed E-state index contributed by atoms with van der Waals surface area (Å²) >= 11 is 0. The minimum atomic E-state index is -0.859. The zero-order valence-corrected chi connectivity index (χ0v) is 24.7. The molecule has 46 heavy (non-hydrogen) atoms. The van der Waals surface area contributed by atoms with Crippen LogP contribution in [0.25, 0.3) is 11.3 Å². The molecule has 2 N–H and O–H groups in total. The molecule has 236 valence electrons. The van der Waals surface area contributed by atoms with E-state index in [1.807, 2.05) is 6.07 Å². The zero-order chi connectivity index (χ0) is 32.6. The van der Waals surface area contributed by atoms with Crippen molar-refractivity contribution < 1.29 is 37.0 Å². The first-order chi connectivity index (χ1) is 22.2. The smallest absolute Gasteiger partial charge is 0.338 e.